The fraction of sp³-hybridized carbons (Fsp3) is 0.100. The molecule has 4 heteroatoms. The molecule has 1 nitrogen and oxygen atoms in total. The first kappa shape index (κ1) is 8.65. The first-order chi connectivity index (χ1) is 6.74. The molecule has 0 spiro atoms. The zero-order valence-electron chi connectivity index (χ0n) is 7.13. The van der Waals surface area contributed by atoms with E-state index in [-0.39, 0.29) is 0 Å². The maximum atomic E-state index is 5.94. The Morgan fingerprint density at radius 1 is 1.43 bits per heavy atom. The van der Waals surface area contributed by atoms with Crippen molar-refractivity contribution < 1.29 is 0 Å². The summed E-state index contributed by atoms with van der Waals surface area (Å²) in [5, 5.41) is 0.803. The molecular formula is C10H6ClNS2. The van der Waals surface area contributed by atoms with E-state index in [2.05, 4.69) is 11.1 Å². The van der Waals surface area contributed by atoms with E-state index < -0.39 is 0 Å². The molecule has 0 saturated carbocycles. The SMILES string of the molecule is S=c1[nH]c2c(s1)Cc1cc(Cl)ccc1-2. The lowest BCUT2D eigenvalue weighted by Crippen LogP contribution is -1.79. The van der Waals surface area contributed by atoms with Crippen molar-refractivity contribution in [3.8, 4) is 11.3 Å². The monoisotopic (exact) mass is 239 g/mol. The fourth-order valence-corrected chi connectivity index (χ4v) is 3.29. The van der Waals surface area contributed by atoms with E-state index in [1.165, 1.54) is 21.7 Å². The summed E-state index contributed by atoms with van der Waals surface area (Å²) in [6, 6.07) is 6.01. The number of halogens is 1. The van der Waals surface area contributed by atoms with Crippen LogP contribution in [0.5, 0.6) is 0 Å². The zero-order chi connectivity index (χ0) is 9.71. The molecule has 1 aliphatic carbocycles. The van der Waals surface area contributed by atoms with Crippen molar-refractivity contribution in [1.82, 2.24) is 4.98 Å². The number of rotatable bonds is 0. The minimum absolute atomic E-state index is 0.803. The first-order valence-electron chi connectivity index (χ1n) is 4.25. The normalized spacial score (nSPS) is 12.6. The van der Waals surface area contributed by atoms with Gasteiger partial charge in [-0.15, -0.1) is 11.3 Å². The Morgan fingerprint density at radius 2 is 2.29 bits per heavy atom. The quantitative estimate of drug-likeness (QED) is 0.586. The summed E-state index contributed by atoms with van der Waals surface area (Å²) in [4.78, 5) is 4.55. The Labute approximate surface area is 95.4 Å². The Bertz CT molecular complexity index is 568. The van der Waals surface area contributed by atoms with Crippen LogP contribution in [0.25, 0.3) is 11.3 Å². The molecule has 0 aliphatic heterocycles. The number of hydrogen-bond acceptors (Lipinski definition) is 2. The first-order valence-corrected chi connectivity index (χ1v) is 5.85. The predicted octanol–water partition coefficient (Wildman–Crippen LogP) is 4.03. The number of thiazole rings is 1. The van der Waals surface area contributed by atoms with Gasteiger partial charge in [0.05, 0.1) is 5.69 Å². The highest BCUT2D eigenvalue weighted by Crippen LogP contribution is 2.39. The molecular weight excluding hydrogens is 234 g/mol. The zero-order valence-corrected chi connectivity index (χ0v) is 9.52. The van der Waals surface area contributed by atoms with Gasteiger partial charge >= 0.3 is 0 Å². The Kier molecular flexibility index (Phi) is 1.81. The van der Waals surface area contributed by atoms with Gasteiger partial charge in [0.25, 0.3) is 0 Å². The van der Waals surface area contributed by atoms with Crippen LogP contribution in [0, 0.1) is 3.95 Å². The van der Waals surface area contributed by atoms with Crippen molar-refractivity contribution in [2.75, 3.05) is 0 Å². The second-order valence-corrected chi connectivity index (χ2v) is 5.50. The van der Waals surface area contributed by atoms with E-state index in [1.807, 2.05) is 12.1 Å². The van der Waals surface area contributed by atoms with Crippen LogP contribution >= 0.6 is 35.2 Å². The third-order valence-corrected chi connectivity index (χ3v) is 3.88. The van der Waals surface area contributed by atoms with Crippen molar-refractivity contribution >= 4 is 35.2 Å². The maximum Gasteiger partial charge on any atom is 0.159 e. The molecule has 14 heavy (non-hydrogen) atoms. The van der Waals surface area contributed by atoms with Gasteiger partial charge in [-0.1, -0.05) is 17.7 Å². The van der Waals surface area contributed by atoms with E-state index in [0.717, 1.165) is 15.4 Å². The molecule has 0 saturated heterocycles. The van der Waals surface area contributed by atoms with Crippen LogP contribution in [-0.2, 0) is 6.42 Å². The van der Waals surface area contributed by atoms with Gasteiger partial charge in [-0.3, -0.25) is 0 Å². The molecule has 0 radical (unpaired) electrons. The molecule has 0 bridgehead atoms. The van der Waals surface area contributed by atoms with Crippen molar-refractivity contribution in [3.05, 3.63) is 37.6 Å². The fourth-order valence-electron chi connectivity index (χ4n) is 1.83. The smallest absolute Gasteiger partial charge is 0.159 e. The van der Waals surface area contributed by atoms with Gasteiger partial charge in [0, 0.05) is 21.9 Å². The lowest BCUT2D eigenvalue weighted by atomic mass is 10.1. The summed E-state index contributed by atoms with van der Waals surface area (Å²) in [6.07, 6.45) is 0.961. The number of H-pyrrole nitrogens is 1. The molecule has 1 N–H and O–H groups in total. The highest BCUT2D eigenvalue weighted by molar-refractivity contribution is 7.73. The van der Waals surface area contributed by atoms with Gasteiger partial charge in [0.2, 0.25) is 0 Å². The van der Waals surface area contributed by atoms with Crippen LogP contribution in [0.3, 0.4) is 0 Å². The molecule has 1 heterocycles. The highest BCUT2D eigenvalue weighted by atomic mass is 35.5. The van der Waals surface area contributed by atoms with Gasteiger partial charge in [-0.05, 0) is 29.9 Å². The topological polar surface area (TPSA) is 15.8 Å². The standard InChI is InChI=1S/C10H6ClNS2/c11-6-1-2-7-5(3-6)4-8-9(7)12-10(13)14-8/h1-3H,4H2,(H,12,13). The molecule has 0 atom stereocenters. The molecule has 0 unspecified atom stereocenters. The largest absolute Gasteiger partial charge is 0.337 e. The van der Waals surface area contributed by atoms with Crippen molar-refractivity contribution in [2.45, 2.75) is 6.42 Å². The molecule has 1 aliphatic rings. The predicted molar refractivity (Wildman–Crippen MR) is 62.8 cm³/mol. The molecule has 1 aromatic heterocycles. The summed E-state index contributed by atoms with van der Waals surface area (Å²) in [7, 11) is 0. The number of benzene rings is 1. The Morgan fingerprint density at radius 3 is 3.14 bits per heavy atom. The van der Waals surface area contributed by atoms with E-state index in [0.29, 0.717) is 0 Å². The van der Waals surface area contributed by atoms with Crippen LogP contribution < -0.4 is 0 Å². The second kappa shape index (κ2) is 2.92. The highest BCUT2D eigenvalue weighted by Gasteiger charge is 2.20. The van der Waals surface area contributed by atoms with Crippen LogP contribution in [0.2, 0.25) is 5.02 Å². The molecule has 0 amide bonds. The van der Waals surface area contributed by atoms with Gasteiger partial charge in [0.15, 0.2) is 3.95 Å². The van der Waals surface area contributed by atoms with Crippen molar-refractivity contribution in [2.24, 2.45) is 0 Å². The van der Waals surface area contributed by atoms with E-state index in [4.69, 9.17) is 23.8 Å². The Balaban J connectivity index is 2.30. The molecule has 1 aromatic carbocycles. The van der Waals surface area contributed by atoms with Crippen LogP contribution in [0.4, 0.5) is 0 Å². The summed E-state index contributed by atoms with van der Waals surface area (Å²) in [6.45, 7) is 0. The third kappa shape index (κ3) is 1.16. The van der Waals surface area contributed by atoms with E-state index >= 15 is 0 Å². The number of aromatic nitrogens is 1. The summed E-state index contributed by atoms with van der Waals surface area (Å²) in [5.41, 5.74) is 3.73. The summed E-state index contributed by atoms with van der Waals surface area (Å²) < 4.78 is 0.857. The van der Waals surface area contributed by atoms with Gasteiger partial charge in [-0.25, -0.2) is 0 Å². The number of hydrogen-bond donors (Lipinski definition) is 1. The maximum absolute atomic E-state index is 5.94. The molecule has 0 fully saturated rings. The van der Waals surface area contributed by atoms with Crippen LogP contribution in [-0.4, -0.2) is 4.98 Å². The summed E-state index contributed by atoms with van der Waals surface area (Å²) in [5.74, 6) is 0. The number of nitrogens with one attached hydrogen (secondary N) is 1. The molecule has 3 rings (SSSR count). The van der Waals surface area contributed by atoms with E-state index in [1.54, 1.807) is 11.3 Å². The lowest BCUT2D eigenvalue weighted by Gasteiger charge is -1.98. The van der Waals surface area contributed by atoms with Crippen LogP contribution in [0.1, 0.15) is 10.4 Å². The van der Waals surface area contributed by atoms with Gasteiger partial charge < -0.3 is 4.98 Å². The molecule has 70 valence electrons. The molecule has 2 aromatic rings. The van der Waals surface area contributed by atoms with Crippen LogP contribution in [0.15, 0.2) is 18.2 Å². The lowest BCUT2D eigenvalue weighted by molar-refractivity contribution is 1.31. The minimum atomic E-state index is 0.803. The van der Waals surface area contributed by atoms with Crippen molar-refractivity contribution in [3.63, 3.8) is 0 Å². The second-order valence-electron chi connectivity index (χ2n) is 3.29. The third-order valence-electron chi connectivity index (χ3n) is 2.41. The number of fused-ring (bicyclic) bond motifs is 3. The van der Waals surface area contributed by atoms with Gasteiger partial charge in [0.1, 0.15) is 0 Å². The van der Waals surface area contributed by atoms with Crippen molar-refractivity contribution in [1.29, 1.82) is 0 Å². The Hall–Kier alpha value is -0.640. The number of aromatic amines is 1. The summed E-state index contributed by atoms with van der Waals surface area (Å²) >= 11 is 12.7. The van der Waals surface area contributed by atoms with Gasteiger partial charge in [-0.2, -0.15) is 0 Å². The van der Waals surface area contributed by atoms with E-state index in [9.17, 15) is 0 Å². The average Bonchev–Trinajstić information content (AvgIpc) is 2.59. The minimum Gasteiger partial charge on any atom is -0.337 e. The average molecular weight is 240 g/mol.